The van der Waals surface area contributed by atoms with Gasteiger partial charge in [0.2, 0.25) is 5.91 Å². The van der Waals surface area contributed by atoms with Crippen LogP contribution in [-0.4, -0.2) is 12.5 Å². The van der Waals surface area contributed by atoms with Crippen LogP contribution in [0, 0.1) is 10.5 Å². The van der Waals surface area contributed by atoms with E-state index in [2.05, 4.69) is 27.9 Å². The minimum absolute atomic E-state index is 0.0368. The highest BCUT2D eigenvalue weighted by atomic mass is 127. The van der Waals surface area contributed by atoms with Crippen LogP contribution in [0.25, 0.3) is 0 Å². The van der Waals surface area contributed by atoms with Gasteiger partial charge in [-0.25, -0.2) is 0 Å². The molecular formula is C16H16INO2. The van der Waals surface area contributed by atoms with Crippen LogP contribution < -0.4 is 10.1 Å². The van der Waals surface area contributed by atoms with Gasteiger partial charge >= 0.3 is 0 Å². The van der Waals surface area contributed by atoms with E-state index in [4.69, 9.17) is 4.74 Å². The van der Waals surface area contributed by atoms with E-state index in [0.29, 0.717) is 13.0 Å². The Morgan fingerprint density at radius 3 is 2.65 bits per heavy atom. The Hall–Kier alpha value is -1.56. The van der Waals surface area contributed by atoms with Crippen LogP contribution in [0.15, 0.2) is 48.5 Å². The van der Waals surface area contributed by atoms with Crippen molar-refractivity contribution in [3.8, 4) is 5.75 Å². The zero-order chi connectivity index (χ0) is 14.4. The van der Waals surface area contributed by atoms with Crippen molar-refractivity contribution in [2.45, 2.75) is 13.3 Å². The van der Waals surface area contributed by atoms with Crippen molar-refractivity contribution in [3.63, 3.8) is 0 Å². The molecule has 0 unspecified atom stereocenters. The lowest BCUT2D eigenvalue weighted by Gasteiger charge is -2.09. The van der Waals surface area contributed by atoms with Crippen molar-refractivity contribution in [1.82, 2.24) is 0 Å². The Balaban J connectivity index is 1.81. The van der Waals surface area contributed by atoms with E-state index in [0.717, 1.165) is 20.6 Å². The monoisotopic (exact) mass is 381 g/mol. The molecule has 0 saturated heterocycles. The molecular weight excluding hydrogens is 365 g/mol. The number of para-hydroxylation sites is 1. The standard InChI is InChI=1S/C16H16INO2/c1-12-11-13(17)7-8-15(12)18-16(19)9-10-20-14-5-3-2-4-6-14/h2-8,11H,9-10H2,1H3,(H,18,19). The van der Waals surface area contributed by atoms with Crippen LogP contribution in [0.2, 0.25) is 0 Å². The third-order valence-corrected chi connectivity index (χ3v) is 3.47. The molecule has 2 aromatic carbocycles. The zero-order valence-corrected chi connectivity index (χ0v) is 13.4. The number of nitrogens with one attached hydrogen (secondary N) is 1. The van der Waals surface area contributed by atoms with E-state index in [1.807, 2.05) is 55.5 Å². The predicted octanol–water partition coefficient (Wildman–Crippen LogP) is 4.01. The molecule has 1 amide bonds. The average molecular weight is 381 g/mol. The SMILES string of the molecule is Cc1cc(I)ccc1NC(=O)CCOc1ccccc1. The van der Waals surface area contributed by atoms with Crippen LogP contribution in [0.4, 0.5) is 5.69 Å². The maximum Gasteiger partial charge on any atom is 0.227 e. The quantitative estimate of drug-likeness (QED) is 0.795. The summed E-state index contributed by atoms with van der Waals surface area (Å²) in [6, 6.07) is 15.4. The third-order valence-electron chi connectivity index (χ3n) is 2.80. The van der Waals surface area contributed by atoms with E-state index < -0.39 is 0 Å². The summed E-state index contributed by atoms with van der Waals surface area (Å²) in [5.74, 6) is 0.746. The lowest BCUT2D eigenvalue weighted by molar-refractivity contribution is -0.116. The molecule has 0 spiro atoms. The molecule has 0 atom stereocenters. The summed E-state index contributed by atoms with van der Waals surface area (Å²) >= 11 is 2.25. The first-order chi connectivity index (χ1) is 9.65. The molecule has 2 rings (SSSR count). The van der Waals surface area contributed by atoms with Gasteiger partial charge in [0, 0.05) is 9.26 Å². The molecule has 0 bridgehead atoms. The van der Waals surface area contributed by atoms with Crippen LogP contribution in [0.3, 0.4) is 0 Å². The predicted molar refractivity (Wildman–Crippen MR) is 89.1 cm³/mol. The molecule has 20 heavy (non-hydrogen) atoms. The molecule has 1 N–H and O–H groups in total. The van der Waals surface area contributed by atoms with Crippen molar-refractivity contribution in [2.24, 2.45) is 0 Å². The minimum atomic E-state index is -0.0368. The third kappa shape index (κ3) is 4.52. The molecule has 4 heteroatoms. The van der Waals surface area contributed by atoms with Gasteiger partial charge < -0.3 is 10.1 Å². The fourth-order valence-electron chi connectivity index (χ4n) is 1.76. The highest BCUT2D eigenvalue weighted by molar-refractivity contribution is 14.1. The summed E-state index contributed by atoms with van der Waals surface area (Å²) in [4.78, 5) is 11.8. The Morgan fingerprint density at radius 2 is 1.95 bits per heavy atom. The Kier molecular flexibility index (Phi) is 5.40. The number of amides is 1. The summed E-state index contributed by atoms with van der Waals surface area (Å²) in [5, 5.41) is 2.90. The normalized spacial score (nSPS) is 10.1. The van der Waals surface area contributed by atoms with E-state index in [-0.39, 0.29) is 5.91 Å². The number of ether oxygens (including phenoxy) is 1. The van der Waals surface area contributed by atoms with Gasteiger partial charge in [-0.3, -0.25) is 4.79 Å². The van der Waals surface area contributed by atoms with Gasteiger partial charge in [0.25, 0.3) is 0 Å². The van der Waals surface area contributed by atoms with Crippen LogP contribution in [0.1, 0.15) is 12.0 Å². The molecule has 3 nitrogen and oxygen atoms in total. The first kappa shape index (κ1) is 14.8. The van der Waals surface area contributed by atoms with Crippen LogP contribution in [-0.2, 0) is 4.79 Å². The van der Waals surface area contributed by atoms with Crippen LogP contribution >= 0.6 is 22.6 Å². The second kappa shape index (κ2) is 7.28. The molecule has 0 radical (unpaired) electrons. The molecule has 0 aliphatic heterocycles. The van der Waals surface area contributed by atoms with Crippen molar-refractivity contribution < 1.29 is 9.53 Å². The van der Waals surface area contributed by atoms with Crippen molar-refractivity contribution in [3.05, 3.63) is 57.7 Å². The maximum atomic E-state index is 11.8. The molecule has 0 aliphatic carbocycles. The number of carbonyl (C=O) groups is 1. The average Bonchev–Trinajstić information content (AvgIpc) is 2.43. The van der Waals surface area contributed by atoms with Crippen LogP contribution in [0.5, 0.6) is 5.75 Å². The topological polar surface area (TPSA) is 38.3 Å². The summed E-state index contributed by atoms with van der Waals surface area (Å²) in [5.41, 5.74) is 1.92. The van der Waals surface area contributed by atoms with Gasteiger partial charge in [-0.1, -0.05) is 18.2 Å². The number of anilines is 1. The molecule has 0 aliphatic rings. The number of hydrogen-bond acceptors (Lipinski definition) is 2. The number of rotatable bonds is 5. The van der Waals surface area contributed by atoms with Gasteiger partial charge in [0.15, 0.2) is 0 Å². The molecule has 0 aromatic heterocycles. The Morgan fingerprint density at radius 1 is 1.20 bits per heavy atom. The fourth-order valence-corrected chi connectivity index (χ4v) is 2.41. The first-order valence-corrected chi connectivity index (χ1v) is 7.47. The van der Waals surface area contributed by atoms with Crippen molar-refractivity contribution in [1.29, 1.82) is 0 Å². The van der Waals surface area contributed by atoms with Crippen molar-refractivity contribution >= 4 is 34.2 Å². The van der Waals surface area contributed by atoms with E-state index in [9.17, 15) is 4.79 Å². The summed E-state index contributed by atoms with van der Waals surface area (Å²) < 4.78 is 6.66. The molecule has 104 valence electrons. The lowest BCUT2D eigenvalue weighted by Crippen LogP contribution is -2.15. The van der Waals surface area contributed by atoms with Gasteiger partial charge in [-0.15, -0.1) is 0 Å². The number of halogens is 1. The number of aryl methyl sites for hydroxylation is 1. The van der Waals surface area contributed by atoms with Crippen molar-refractivity contribution in [2.75, 3.05) is 11.9 Å². The largest absolute Gasteiger partial charge is 0.493 e. The maximum absolute atomic E-state index is 11.8. The van der Waals surface area contributed by atoms with Gasteiger partial charge in [-0.2, -0.15) is 0 Å². The molecule has 2 aromatic rings. The van der Waals surface area contributed by atoms with E-state index in [1.54, 1.807) is 0 Å². The number of carbonyl (C=O) groups excluding carboxylic acids is 1. The smallest absolute Gasteiger partial charge is 0.227 e. The second-order valence-corrected chi connectivity index (χ2v) is 5.66. The van der Waals surface area contributed by atoms with Gasteiger partial charge in [-0.05, 0) is 65.4 Å². The van der Waals surface area contributed by atoms with Gasteiger partial charge in [0.05, 0.1) is 13.0 Å². The fraction of sp³-hybridized carbons (Fsp3) is 0.188. The summed E-state index contributed by atoms with van der Waals surface area (Å²) in [7, 11) is 0. The number of hydrogen-bond donors (Lipinski definition) is 1. The molecule has 0 fully saturated rings. The second-order valence-electron chi connectivity index (χ2n) is 4.42. The lowest BCUT2D eigenvalue weighted by atomic mass is 10.2. The number of benzene rings is 2. The van der Waals surface area contributed by atoms with E-state index >= 15 is 0 Å². The van der Waals surface area contributed by atoms with Gasteiger partial charge in [0.1, 0.15) is 5.75 Å². The highest BCUT2D eigenvalue weighted by Crippen LogP contribution is 2.18. The summed E-state index contributed by atoms with van der Waals surface area (Å²) in [6.45, 7) is 2.36. The first-order valence-electron chi connectivity index (χ1n) is 6.39. The molecule has 0 saturated carbocycles. The molecule has 0 heterocycles. The minimum Gasteiger partial charge on any atom is -0.493 e. The highest BCUT2D eigenvalue weighted by Gasteiger charge is 2.05. The van der Waals surface area contributed by atoms with E-state index in [1.165, 1.54) is 0 Å². The zero-order valence-electron chi connectivity index (χ0n) is 11.2. The Bertz CT molecular complexity index is 584. The Labute approximate surface area is 132 Å². The summed E-state index contributed by atoms with van der Waals surface area (Å²) in [6.07, 6.45) is 0.334.